The lowest BCUT2D eigenvalue weighted by molar-refractivity contribution is -0.0153. The van der Waals surface area contributed by atoms with E-state index in [1.807, 2.05) is 0 Å². The van der Waals surface area contributed by atoms with Crippen molar-refractivity contribution >= 4 is 11.3 Å². The van der Waals surface area contributed by atoms with Crippen molar-refractivity contribution in [2.45, 2.75) is 18.8 Å². The molecule has 74 valence electrons. The molecule has 5 nitrogen and oxygen atoms in total. The molecule has 2 atom stereocenters. The highest BCUT2D eigenvalue weighted by Gasteiger charge is 2.20. The maximum Gasteiger partial charge on any atom is 0.134 e. The first kappa shape index (κ1) is 10.6. The van der Waals surface area contributed by atoms with E-state index in [2.05, 4.69) is 4.98 Å². The molecule has 0 aliphatic carbocycles. The van der Waals surface area contributed by atoms with Crippen LogP contribution in [-0.2, 0) is 6.61 Å². The maximum absolute atomic E-state index is 9.35. The molecule has 1 aromatic heterocycles. The fourth-order valence-electron chi connectivity index (χ4n) is 0.797. The van der Waals surface area contributed by atoms with Crippen LogP contribution in [0.2, 0.25) is 0 Å². The molecular formula is C7H11NO4S. The minimum absolute atomic E-state index is 0.139. The van der Waals surface area contributed by atoms with E-state index in [1.54, 1.807) is 0 Å². The van der Waals surface area contributed by atoms with Crippen LogP contribution < -0.4 is 0 Å². The monoisotopic (exact) mass is 205 g/mol. The van der Waals surface area contributed by atoms with E-state index < -0.39 is 18.8 Å². The Bertz CT molecular complexity index is 265. The fraction of sp³-hybridized carbons (Fsp3) is 0.571. The smallest absolute Gasteiger partial charge is 0.134 e. The van der Waals surface area contributed by atoms with Gasteiger partial charge in [0.1, 0.15) is 17.2 Å². The van der Waals surface area contributed by atoms with Crippen LogP contribution in [0.5, 0.6) is 0 Å². The number of hydrogen-bond acceptors (Lipinski definition) is 6. The highest BCUT2D eigenvalue weighted by molar-refractivity contribution is 7.11. The zero-order valence-corrected chi connectivity index (χ0v) is 7.61. The lowest BCUT2D eigenvalue weighted by Gasteiger charge is -2.11. The van der Waals surface area contributed by atoms with Crippen LogP contribution in [0.15, 0.2) is 6.20 Å². The first-order chi connectivity index (χ1) is 6.19. The van der Waals surface area contributed by atoms with Gasteiger partial charge in [0.25, 0.3) is 0 Å². The van der Waals surface area contributed by atoms with Gasteiger partial charge in [-0.3, -0.25) is 0 Å². The molecule has 0 saturated carbocycles. The van der Waals surface area contributed by atoms with Crippen molar-refractivity contribution in [3.63, 3.8) is 0 Å². The maximum atomic E-state index is 9.35. The average molecular weight is 205 g/mol. The van der Waals surface area contributed by atoms with Crippen molar-refractivity contribution in [2.75, 3.05) is 6.61 Å². The molecule has 1 rings (SSSR count). The molecule has 6 heteroatoms. The highest BCUT2D eigenvalue weighted by Crippen LogP contribution is 2.22. The molecule has 0 bridgehead atoms. The zero-order chi connectivity index (χ0) is 9.84. The standard InChI is InChI=1S/C7H11NO4S/c9-2-4-1-8-7(13-4)6(12)5(11)3-10/h1,5-6,9-12H,2-3H2. The minimum atomic E-state index is -1.22. The summed E-state index contributed by atoms with van der Waals surface area (Å²) in [6.07, 6.45) is -0.985. The summed E-state index contributed by atoms with van der Waals surface area (Å²) >= 11 is 1.10. The summed E-state index contributed by atoms with van der Waals surface area (Å²) < 4.78 is 0. The van der Waals surface area contributed by atoms with Gasteiger partial charge >= 0.3 is 0 Å². The molecule has 0 fully saturated rings. The zero-order valence-electron chi connectivity index (χ0n) is 6.79. The Kier molecular flexibility index (Phi) is 3.76. The van der Waals surface area contributed by atoms with Crippen LogP contribution in [0.1, 0.15) is 16.0 Å². The Morgan fingerprint density at radius 2 is 2.08 bits per heavy atom. The van der Waals surface area contributed by atoms with Gasteiger partial charge in [-0.25, -0.2) is 4.98 Å². The van der Waals surface area contributed by atoms with Crippen molar-refractivity contribution < 1.29 is 20.4 Å². The second-order valence-corrected chi connectivity index (χ2v) is 3.66. The molecule has 0 spiro atoms. The second-order valence-electron chi connectivity index (χ2n) is 2.52. The third-order valence-electron chi connectivity index (χ3n) is 1.53. The predicted molar refractivity (Wildman–Crippen MR) is 46.1 cm³/mol. The molecule has 1 heterocycles. The van der Waals surface area contributed by atoms with Crippen molar-refractivity contribution in [3.05, 3.63) is 16.1 Å². The SMILES string of the molecule is OCc1cnc(C(O)C(O)CO)s1. The summed E-state index contributed by atoms with van der Waals surface area (Å²) in [5, 5.41) is 36.0. The van der Waals surface area contributed by atoms with Gasteiger partial charge in [-0.05, 0) is 0 Å². The normalized spacial score (nSPS) is 15.7. The van der Waals surface area contributed by atoms with Crippen LogP contribution in [0.3, 0.4) is 0 Å². The summed E-state index contributed by atoms with van der Waals surface area (Å²) in [5.74, 6) is 0. The van der Waals surface area contributed by atoms with Crippen LogP contribution >= 0.6 is 11.3 Å². The molecule has 13 heavy (non-hydrogen) atoms. The topological polar surface area (TPSA) is 93.8 Å². The molecule has 0 radical (unpaired) electrons. The van der Waals surface area contributed by atoms with Crippen LogP contribution in [0.4, 0.5) is 0 Å². The Labute approximate surface area is 78.9 Å². The van der Waals surface area contributed by atoms with Crippen molar-refractivity contribution in [2.24, 2.45) is 0 Å². The molecule has 1 aromatic rings. The largest absolute Gasteiger partial charge is 0.394 e. The molecule has 0 aliphatic rings. The predicted octanol–water partition coefficient (Wildman–Crippen LogP) is -0.978. The van der Waals surface area contributed by atoms with Gasteiger partial charge in [-0.1, -0.05) is 0 Å². The highest BCUT2D eigenvalue weighted by atomic mass is 32.1. The lowest BCUT2D eigenvalue weighted by Crippen LogP contribution is -2.21. The van der Waals surface area contributed by atoms with Gasteiger partial charge in [0.15, 0.2) is 0 Å². The van der Waals surface area contributed by atoms with Gasteiger partial charge in [-0.15, -0.1) is 11.3 Å². The first-order valence-corrected chi connectivity index (χ1v) is 4.53. The number of aromatic nitrogens is 1. The molecular weight excluding hydrogens is 194 g/mol. The number of aliphatic hydroxyl groups excluding tert-OH is 4. The van der Waals surface area contributed by atoms with Gasteiger partial charge in [0, 0.05) is 6.20 Å². The minimum Gasteiger partial charge on any atom is -0.394 e. The van der Waals surface area contributed by atoms with E-state index in [4.69, 9.17) is 15.3 Å². The van der Waals surface area contributed by atoms with E-state index in [0.717, 1.165) is 11.3 Å². The fourth-order valence-corrected chi connectivity index (χ4v) is 1.62. The van der Waals surface area contributed by atoms with Crippen molar-refractivity contribution in [1.29, 1.82) is 0 Å². The Morgan fingerprint density at radius 3 is 2.54 bits per heavy atom. The Hall–Kier alpha value is -0.530. The van der Waals surface area contributed by atoms with Gasteiger partial charge in [0.2, 0.25) is 0 Å². The van der Waals surface area contributed by atoms with Gasteiger partial charge in [0.05, 0.1) is 18.1 Å². The Morgan fingerprint density at radius 1 is 1.38 bits per heavy atom. The van der Waals surface area contributed by atoms with E-state index in [0.29, 0.717) is 9.88 Å². The Balaban J connectivity index is 2.70. The number of nitrogens with zero attached hydrogens (tertiary/aromatic N) is 1. The lowest BCUT2D eigenvalue weighted by atomic mass is 10.2. The quantitative estimate of drug-likeness (QED) is 0.507. The van der Waals surface area contributed by atoms with E-state index >= 15 is 0 Å². The van der Waals surface area contributed by atoms with Crippen LogP contribution in [0.25, 0.3) is 0 Å². The second kappa shape index (κ2) is 4.64. The van der Waals surface area contributed by atoms with Crippen LogP contribution in [-0.4, -0.2) is 38.1 Å². The molecule has 0 aromatic carbocycles. The number of aliphatic hydroxyl groups is 4. The first-order valence-electron chi connectivity index (χ1n) is 3.71. The summed E-state index contributed by atoms with van der Waals surface area (Å²) in [6.45, 7) is -0.658. The summed E-state index contributed by atoms with van der Waals surface area (Å²) in [5.41, 5.74) is 0. The number of thiazole rings is 1. The summed E-state index contributed by atoms with van der Waals surface area (Å²) in [6, 6.07) is 0. The third kappa shape index (κ3) is 2.45. The summed E-state index contributed by atoms with van der Waals surface area (Å²) in [7, 11) is 0. The third-order valence-corrected chi connectivity index (χ3v) is 2.58. The summed E-state index contributed by atoms with van der Waals surface area (Å²) in [4.78, 5) is 4.40. The van der Waals surface area contributed by atoms with Crippen LogP contribution in [0, 0.1) is 0 Å². The van der Waals surface area contributed by atoms with Gasteiger partial charge < -0.3 is 20.4 Å². The number of hydrogen-bond donors (Lipinski definition) is 4. The van der Waals surface area contributed by atoms with Gasteiger partial charge in [-0.2, -0.15) is 0 Å². The molecule has 2 unspecified atom stereocenters. The van der Waals surface area contributed by atoms with E-state index in [9.17, 15) is 5.11 Å². The molecule has 0 amide bonds. The van der Waals surface area contributed by atoms with Crippen molar-refractivity contribution in [1.82, 2.24) is 4.98 Å². The average Bonchev–Trinajstić information content (AvgIpc) is 2.63. The molecule has 0 saturated heterocycles. The molecule has 0 aliphatic heterocycles. The van der Waals surface area contributed by atoms with E-state index in [1.165, 1.54) is 6.20 Å². The van der Waals surface area contributed by atoms with Crippen molar-refractivity contribution in [3.8, 4) is 0 Å². The number of rotatable bonds is 4. The molecule has 4 N–H and O–H groups in total. The van der Waals surface area contributed by atoms with E-state index in [-0.39, 0.29) is 6.61 Å².